The van der Waals surface area contributed by atoms with E-state index in [2.05, 4.69) is 5.32 Å². The predicted octanol–water partition coefficient (Wildman–Crippen LogP) is 3.55. The molecule has 18 heavy (non-hydrogen) atoms. The van der Waals surface area contributed by atoms with Gasteiger partial charge >= 0.3 is 0 Å². The van der Waals surface area contributed by atoms with Crippen LogP contribution in [0.4, 0.5) is 21.5 Å². The molecular formula is C14H15FN2O. The van der Waals surface area contributed by atoms with Crippen molar-refractivity contribution in [1.82, 2.24) is 0 Å². The van der Waals surface area contributed by atoms with E-state index in [1.165, 1.54) is 6.07 Å². The number of rotatable bonds is 4. The minimum atomic E-state index is -0.371. The summed E-state index contributed by atoms with van der Waals surface area (Å²) < 4.78 is 18.9. The highest BCUT2D eigenvalue weighted by atomic mass is 19.1. The van der Waals surface area contributed by atoms with Crippen LogP contribution in [0.1, 0.15) is 6.92 Å². The maximum absolute atomic E-state index is 13.6. The molecule has 0 heterocycles. The molecule has 0 aliphatic rings. The van der Waals surface area contributed by atoms with Crippen LogP contribution in [0, 0.1) is 5.82 Å². The van der Waals surface area contributed by atoms with E-state index in [1.54, 1.807) is 12.1 Å². The van der Waals surface area contributed by atoms with Gasteiger partial charge in [0.2, 0.25) is 0 Å². The highest BCUT2D eigenvalue weighted by molar-refractivity contribution is 5.63. The Bertz CT molecular complexity index is 526. The van der Waals surface area contributed by atoms with Crippen molar-refractivity contribution in [2.75, 3.05) is 17.7 Å². The lowest BCUT2D eigenvalue weighted by Gasteiger charge is -2.09. The number of hydrogen-bond acceptors (Lipinski definition) is 3. The first-order chi connectivity index (χ1) is 8.69. The molecule has 94 valence electrons. The van der Waals surface area contributed by atoms with E-state index in [-0.39, 0.29) is 5.82 Å². The van der Waals surface area contributed by atoms with Crippen molar-refractivity contribution in [3.05, 3.63) is 48.3 Å². The molecule has 2 aromatic rings. The molecule has 0 saturated heterocycles. The van der Waals surface area contributed by atoms with Crippen LogP contribution in [0.5, 0.6) is 5.75 Å². The molecular weight excluding hydrogens is 231 g/mol. The summed E-state index contributed by atoms with van der Waals surface area (Å²) in [6.45, 7) is 2.55. The summed E-state index contributed by atoms with van der Waals surface area (Å²) in [4.78, 5) is 0. The number of nitrogens with one attached hydrogen (secondary N) is 1. The first-order valence-corrected chi connectivity index (χ1v) is 5.74. The third kappa shape index (κ3) is 2.91. The first kappa shape index (κ1) is 12.2. The van der Waals surface area contributed by atoms with Gasteiger partial charge in [0.05, 0.1) is 12.3 Å². The standard InChI is InChI=1S/C14H15FN2O/c1-2-18-12-6-4-11(5-7-12)17-14-8-3-10(16)9-13(14)15/h3-9,17H,2,16H2,1H3. The fraction of sp³-hybridized carbons (Fsp3) is 0.143. The molecule has 2 aromatic carbocycles. The quantitative estimate of drug-likeness (QED) is 0.811. The van der Waals surface area contributed by atoms with Crippen LogP contribution in [0.2, 0.25) is 0 Å². The van der Waals surface area contributed by atoms with Gasteiger partial charge in [0.15, 0.2) is 0 Å². The largest absolute Gasteiger partial charge is 0.494 e. The van der Waals surface area contributed by atoms with Crippen LogP contribution < -0.4 is 15.8 Å². The van der Waals surface area contributed by atoms with E-state index in [0.29, 0.717) is 18.0 Å². The Balaban J connectivity index is 2.13. The van der Waals surface area contributed by atoms with Gasteiger partial charge in [-0.3, -0.25) is 0 Å². The summed E-state index contributed by atoms with van der Waals surface area (Å²) in [6.07, 6.45) is 0. The second kappa shape index (κ2) is 5.40. The van der Waals surface area contributed by atoms with E-state index in [0.717, 1.165) is 11.4 Å². The number of hydrogen-bond donors (Lipinski definition) is 2. The minimum Gasteiger partial charge on any atom is -0.494 e. The molecule has 0 atom stereocenters. The molecule has 0 aromatic heterocycles. The average Bonchev–Trinajstić information content (AvgIpc) is 2.35. The van der Waals surface area contributed by atoms with Crippen LogP contribution in [-0.4, -0.2) is 6.61 Å². The third-order valence-electron chi connectivity index (χ3n) is 2.44. The Morgan fingerprint density at radius 1 is 1.17 bits per heavy atom. The lowest BCUT2D eigenvalue weighted by atomic mass is 10.2. The van der Waals surface area contributed by atoms with Gasteiger partial charge in [-0.2, -0.15) is 0 Å². The van der Waals surface area contributed by atoms with Crippen molar-refractivity contribution in [3.8, 4) is 5.75 Å². The van der Waals surface area contributed by atoms with E-state index in [4.69, 9.17) is 10.5 Å². The summed E-state index contributed by atoms with van der Waals surface area (Å²) in [5.74, 6) is 0.421. The van der Waals surface area contributed by atoms with Gasteiger partial charge < -0.3 is 15.8 Å². The molecule has 0 saturated carbocycles. The molecule has 0 radical (unpaired) electrons. The van der Waals surface area contributed by atoms with Gasteiger partial charge in [0.25, 0.3) is 0 Å². The molecule has 0 unspecified atom stereocenters. The molecule has 4 heteroatoms. The van der Waals surface area contributed by atoms with Gasteiger partial charge in [-0.1, -0.05) is 0 Å². The smallest absolute Gasteiger partial charge is 0.148 e. The summed E-state index contributed by atoms with van der Waals surface area (Å²) in [5, 5.41) is 2.98. The zero-order chi connectivity index (χ0) is 13.0. The zero-order valence-electron chi connectivity index (χ0n) is 10.1. The SMILES string of the molecule is CCOc1ccc(Nc2ccc(N)cc2F)cc1. The van der Waals surface area contributed by atoms with Crippen molar-refractivity contribution in [2.45, 2.75) is 6.92 Å². The van der Waals surface area contributed by atoms with Gasteiger partial charge in [-0.15, -0.1) is 0 Å². The molecule has 2 rings (SSSR count). The summed E-state index contributed by atoms with van der Waals surface area (Å²) in [6, 6.07) is 11.9. The van der Waals surface area contributed by atoms with Gasteiger partial charge in [-0.05, 0) is 49.4 Å². The van der Waals surface area contributed by atoms with Crippen LogP contribution >= 0.6 is 0 Å². The fourth-order valence-corrected chi connectivity index (χ4v) is 1.59. The lowest BCUT2D eigenvalue weighted by molar-refractivity contribution is 0.340. The number of anilines is 3. The molecule has 3 N–H and O–H groups in total. The Morgan fingerprint density at radius 3 is 2.50 bits per heavy atom. The van der Waals surface area contributed by atoms with Crippen molar-refractivity contribution in [3.63, 3.8) is 0 Å². The van der Waals surface area contributed by atoms with Crippen LogP contribution in [0.25, 0.3) is 0 Å². The summed E-state index contributed by atoms with van der Waals surface area (Å²) in [7, 11) is 0. The van der Waals surface area contributed by atoms with E-state index in [1.807, 2.05) is 31.2 Å². The maximum atomic E-state index is 13.6. The highest BCUT2D eigenvalue weighted by Crippen LogP contribution is 2.23. The fourth-order valence-electron chi connectivity index (χ4n) is 1.59. The van der Waals surface area contributed by atoms with E-state index < -0.39 is 0 Å². The molecule has 0 amide bonds. The normalized spacial score (nSPS) is 10.1. The van der Waals surface area contributed by atoms with Crippen molar-refractivity contribution in [2.24, 2.45) is 0 Å². The topological polar surface area (TPSA) is 47.3 Å². The highest BCUT2D eigenvalue weighted by Gasteiger charge is 2.02. The third-order valence-corrected chi connectivity index (χ3v) is 2.44. The Labute approximate surface area is 105 Å². The second-order valence-electron chi connectivity index (χ2n) is 3.82. The maximum Gasteiger partial charge on any atom is 0.148 e. The Hall–Kier alpha value is -2.23. The van der Waals surface area contributed by atoms with Gasteiger partial charge in [-0.25, -0.2) is 4.39 Å². The van der Waals surface area contributed by atoms with Crippen molar-refractivity contribution >= 4 is 17.1 Å². The second-order valence-corrected chi connectivity index (χ2v) is 3.82. The van der Waals surface area contributed by atoms with Gasteiger partial charge in [0, 0.05) is 11.4 Å². The minimum absolute atomic E-state index is 0.371. The number of nitrogen functional groups attached to an aromatic ring is 1. The Kier molecular flexibility index (Phi) is 3.67. The first-order valence-electron chi connectivity index (χ1n) is 5.74. The Morgan fingerprint density at radius 2 is 1.89 bits per heavy atom. The number of nitrogens with two attached hydrogens (primary N) is 1. The number of ether oxygens (including phenoxy) is 1. The number of halogens is 1. The molecule has 0 aliphatic heterocycles. The molecule has 3 nitrogen and oxygen atoms in total. The molecule has 0 aliphatic carbocycles. The van der Waals surface area contributed by atoms with Gasteiger partial charge in [0.1, 0.15) is 11.6 Å². The van der Waals surface area contributed by atoms with E-state index in [9.17, 15) is 4.39 Å². The summed E-state index contributed by atoms with van der Waals surface area (Å²) >= 11 is 0. The average molecular weight is 246 g/mol. The summed E-state index contributed by atoms with van der Waals surface area (Å²) in [5.41, 5.74) is 7.09. The van der Waals surface area contributed by atoms with Crippen LogP contribution in [0.15, 0.2) is 42.5 Å². The lowest BCUT2D eigenvalue weighted by Crippen LogP contribution is -1.96. The zero-order valence-corrected chi connectivity index (χ0v) is 10.1. The monoisotopic (exact) mass is 246 g/mol. The molecule has 0 fully saturated rings. The van der Waals surface area contributed by atoms with E-state index >= 15 is 0 Å². The van der Waals surface area contributed by atoms with Crippen LogP contribution in [0.3, 0.4) is 0 Å². The van der Waals surface area contributed by atoms with Crippen molar-refractivity contribution in [1.29, 1.82) is 0 Å². The number of benzene rings is 2. The molecule has 0 bridgehead atoms. The predicted molar refractivity (Wildman–Crippen MR) is 71.7 cm³/mol. The van der Waals surface area contributed by atoms with Crippen LogP contribution in [-0.2, 0) is 0 Å². The molecule has 0 spiro atoms. The van der Waals surface area contributed by atoms with Crippen molar-refractivity contribution < 1.29 is 9.13 Å².